The van der Waals surface area contributed by atoms with Gasteiger partial charge in [0.2, 0.25) is 5.62 Å². The molecule has 0 aliphatic heterocycles. The molecule has 7 nitrogen and oxygen atoms in total. The van der Waals surface area contributed by atoms with Crippen LogP contribution in [-0.4, -0.2) is 47.4 Å². The fourth-order valence-corrected chi connectivity index (χ4v) is 3.21. The zero-order valence-electron chi connectivity index (χ0n) is 16.9. The Balaban J connectivity index is 2.07. The Morgan fingerprint density at radius 3 is 2.80 bits per heavy atom. The average Bonchev–Trinajstić information content (AvgIpc) is 2.71. The van der Waals surface area contributed by atoms with E-state index in [2.05, 4.69) is 16.8 Å². The lowest BCUT2D eigenvalue weighted by Gasteiger charge is -2.21. The quantitative estimate of drug-likeness (QED) is 0.333. The lowest BCUT2D eigenvalue weighted by Crippen LogP contribution is -2.27. The molecule has 0 fully saturated rings. The van der Waals surface area contributed by atoms with Crippen molar-refractivity contribution in [1.82, 2.24) is 9.55 Å². The summed E-state index contributed by atoms with van der Waals surface area (Å²) >= 11 is 6.14. The first-order valence-corrected chi connectivity index (χ1v) is 9.49. The molecule has 0 bridgehead atoms. The van der Waals surface area contributed by atoms with Gasteiger partial charge in [-0.15, -0.1) is 0 Å². The van der Waals surface area contributed by atoms with Gasteiger partial charge < -0.3 is 14.7 Å². The minimum Gasteiger partial charge on any atom is -0.381 e. The zero-order chi connectivity index (χ0) is 21.9. The maximum Gasteiger partial charge on any atom is 0.229 e. The molecule has 154 valence electrons. The number of halogens is 1. The molecule has 0 spiro atoms. The number of fused-ring (bicyclic) bond motifs is 1. The molecule has 0 saturated carbocycles. The number of rotatable bonds is 5. The van der Waals surface area contributed by atoms with Gasteiger partial charge in [-0.25, -0.2) is 0 Å². The zero-order valence-corrected chi connectivity index (χ0v) is 17.7. The molecule has 0 radical (unpaired) electrons. The summed E-state index contributed by atoms with van der Waals surface area (Å²) in [6, 6.07) is 12.8. The summed E-state index contributed by atoms with van der Waals surface area (Å²) in [6.07, 6.45) is 1.04. The third kappa shape index (κ3) is 4.52. The maximum atomic E-state index is 10.2. The van der Waals surface area contributed by atoms with Gasteiger partial charge in [-0.05, 0) is 43.3 Å². The minimum absolute atomic E-state index is 0.0758. The predicted octanol–water partition coefficient (Wildman–Crippen LogP) is 3.14. The summed E-state index contributed by atoms with van der Waals surface area (Å²) in [5.74, 6) is 6.35. The number of nitrogens with zero attached hydrogens (tertiary/aromatic N) is 3. The van der Waals surface area contributed by atoms with Crippen molar-refractivity contribution in [2.24, 2.45) is 0 Å². The number of anilines is 2. The highest BCUT2D eigenvalue weighted by Crippen LogP contribution is 2.29. The normalized spacial score (nSPS) is 12.7. The summed E-state index contributed by atoms with van der Waals surface area (Å²) in [5.41, 5.74) is 0.829. The fraction of sp³-hybridized carbons (Fsp3) is 0.227. The number of hydrogen-bond acceptors (Lipinski definition) is 6. The second kappa shape index (κ2) is 8.67. The van der Waals surface area contributed by atoms with Crippen molar-refractivity contribution in [1.29, 1.82) is 10.8 Å². The van der Waals surface area contributed by atoms with Crippen LogP contribution in [0.4, 0.5) is 11.5 Å². The first-order valence-electron chi connectivity index (χ1n) is 9.11. The lowest BCUT2D eigenvalue weighted by atomic mass is 10.1. The Morgan fingerprint density at radius 1 is 1.33 bits per heavy atom. The largest absolute Gasteiger partial charge is 0.381 e. The van der Waals surface area contributed by atoms with Crippen LogP contribution in [-0.2, 0) is 4.74 Å². The van der Waals surface area contributed by atoms with Crippen LogP contribution in [0.1, 0.15) is 12.5 Å². The number of aliphatic hydroxyl groups is 1. The first kappa shape index (κ1) is 21.5. The molecule has 3 N–H and O–H groups in total. The fourth-order valence-electron chi connectivity index (χ4n) is 3.05. The van der Waals surface area contributed by atoms with E-state index in [1.54, 1.807) is 19.1 Å². The van der Waals surface area contributed by atoms with Gasteiger partial charge in [-0.1, -0.05) is 29.5 Å². The molecule has 0 saturated heterocycles. The van der Waals surface area contributed by atoms with Crippen molar-refractivity contribution >= 4 is 40.3 Å². The van der Waals surface area contributed by atoms with E-state index in [0.29, 0.717) is 16.4 Å². The smallest absolute Gasteiger partial charge is 0.229 e. The van der Waals surface area contributed by atoms with Crippen molar-refractivity contribution in [2.45, 2.75) is 12.5 Å². The summed E-state index contributed by atoms with van der Waals surface area (Å²) < 4.78 is 6.34. The molecule has 0 aliphatic carbocycles. The highest BCUT2D eigenvalue weighted by atomic mass is 35.5. The second-order valence-corrected chi connectivity index (χ2v) is 7.42. The van der Waals surface area contributed by atoms with E-state index in [-0.39, 0.29) is 12.2 Å². The number of aromatic nitrogens is 2. The van der Waals surface area contributed by atoms with E-state index < -0.39 is 5.60 Å². The number of hydrogen-bond donors (Lipinski definition) is 3. The van der Waals surface area contributed by atoms with Crippen LogP contribution in [0.3, 0.4) is 0 Å². The molecule has 30 heavy (non-hydrogen) atoms. The van der Waals surface area contributed by atoms with Crippen molar-refractivity contribution < 1.29 is 9.84 Å². The van der Waals surface area contributed by atoms with E-state index in [1.165, 1.54) is 11.7 Å². The van der Waals surface area contributed by atoms with Crippen molar-refractivity contribution in [3.63, 3.8) is 0 Å². The van der Waals surface area contributed by atoms with Crippen molar-refractivity contribution in [3.05, 3.63) is 58.7 Å². The highest BCUT2D eigenvalue weighted by Gasteiger charge is 2.16. The molecule has 1 heterocycles. The van der Waals surface area contributed by atoms with Crippen LogP contribution < -0.4 is 10.5 Å². The highest BCUT2D eigenvalue weighted by molar-refractivity contribution is 6.31. The number of methoxy groups -OCH3 is 1. The Labute approximate surface area is 179 Å². The van der Waals surface area contributed by atoms with Crippen LogP contribution in [0.25, 0.3) is 10.9 Å². The van der Waals surface area contributed by atoms with Gasteiger partial charge >= 0.3 is 0 Å². The van der Waals surface area contributed by atoms with Gasteiger partial charge in [-0.3, -0.25) is 15.4 Å². The van der Waals surface area contributed by atoms with Crippen molar-refractivity contribution in [3.8, 4) is 11.8 Å². The molecule has 1 aromatic heterocycles. The molecule has 0 amide bonds. The molecule has 2 aromatic carbocycles. The second-order valence-electron chi connectivity index (χ2n) is 6.99. The Hall–Kier alpha value is -3.18. The first-order chi connectivity index (χ1) is 14.3. The van der Waals surface area contributed by atoms with Crippen LogP contribution in [0, 0.1) is 22.7 Å². The Kier molecular flexibility index (Phi) is 6.22. The van der Waals surface area contributed by atoms with E-state index in [1.807, 2.05) is 42.3 Å². The number of nitrogens with one attached hydrogen (secondary N) is 2. The maximum absolute atomic E-state index is 10.2. The van der Waals surface area contributed by atoms with Crippen LogP contribution in [0.5, 0.6) is 0 Å². The molecule has 8 heteroatoms. The van der Waals surface area contributed by atoms with Gasteiger partial charge in [-0.2, -0.15) is 4.98 Å². The topological polar surface area (TPSA) is 98.2 Å². The van der Waals surface area contributed by atoms with Gasteiger partial charge in [0, 0.05) is 35.8 Å². The molecule has 0 aliphatic rings. The van der Waals surface area contributed by atoms with E-state index in [0.717, 1.165) is 23.0 Å². The standard InChI is InChI=1S/C22H22ClN5O2/c1-22(29,13-30-3)10-9-15-5-4-6-17(11-15)27(2)20-18-8-7-16(23)12-19(18)28(14-24)21(25)26-20/h4-8,11-12,14,24-25,29H,13H2,1-3H3. The summed E-state index contributed by atoms with van der Waals surface area (Å²) in [7, 11) is 3.36. The average molecular weight is 424 g/mol. The third-order valence-corrected chi connectivity index (χ3v) is 4.72. The molecule has 1 unspecified atom stereocenters. The Bertz CT molecular complexity index is 1220. The van der Waals surface area contributed by atoms with Crippen LogP contribution in [0.15, 0.2) is 42.5 Å². The monoisotopic (exact) mass is 423 g/mol. The Morgan fingerprint density at radius 2 is 2.10 bits per heavy atom. The van der Waals surface area contributed by atoms with Gasteiger partial charge in [0.1, 0.15) is 11.4 Å². The summed E-state index contributed by atoms with van der Waals surface area (Å²) in [5, 5.41) is 27.3. The molecule has 3 rings (SSSR count). The summed E-state index contributed by atoms with van der Waals surface area (Å²) in [4.78, 5) is 6.23. The van der Waals surface area contributed by atoms with E-state index in [9.17, 15) is 5.11 Å². The van der Waals surface area contributed by atoms with Gasteiger partial charge in [0.15, 0.2) is 0 Å². The molecular formula is C22H22ClN5O2. The molecular weight excluding hydrogens is 402 g/mol. The lowest BCUT2D eigenvalue weighted by molar-refractivity contribution is 0.0274. The van der Waals surface area contributed by atoms with E-state index >= 15 is 0 Å². The third-order valence-electron chi connectivity index (χ3n) is 4.48. The molecule has 1 atom stereocenters. The van der Waals surface area contributed by atoms with Crippen molar-refractivity contribution in [2.75, 3.05) is 25.7 Å². The number of ether oxygens (including phenoxy) is 1. The SMILES string of the molecule is COCC(C)(O)C#Cc1cccc(N(C)c2nc(=N)n(C=N)c3cc(Cl)ccc23)c1. The summed E-state index contributed by atoms with van der Waals surface area (Å²) in [6.45, 7) is 1.71. The van der Waals surface area contributed by atoms with Gasteiger partial charge in [0.25, 0.3) is 0 Å². The van der Waals surface area contributed by atoms with Crippen LogP contribution in [0.2, 0.25) is 5.02 Å². The minimum atomic E-state index is -1.24. The number of benzene rings is 2. The van der Waals surface area contributed by atoms with Gasteiger partial charge in [0.05, 0.1) is 18.5 Å². The predicted molar refractivity (Wildman–Crippen MR) is 119 cm³/mol. The molecule has 3 aromatic rings. The van der Waals surface area contributed by atoms with E-state index in [4.69, 9.17) is 27.2 Å². The van der Waals surface area contributed by atoms with Crippen LogP contribution >= 0.6 is 11.6 Å².